The van der Waals surface area contributed by atoms with Gasteiger partial charge in [-0.1, -0.05) is 17.7 Å². The van der Waals surface area contributed by atoms with E-state index in [9.17, 15) is 9.50 Å². The fraction of sp³-hybridized carbons (Fsp3) is 0.286. The average molecular weight is 281 g/mol. The van der Waals surface area contributed by atoms with Crippen LogP contribution in [-0.4, -0.2) is 15.1 Å². The molecule has 0 saturated carbocycles. The third-order valence-electron chi connectivity index (χ3n) is 2.91. The first kappa shape index (κ1) is 13.9. The van der Waals surface area contributed by atoms with Crippen molar-refractivity contribution in [3.05, 3.63) is 57.9 Å². The Hall–Kier alpha value is -1.52. The third-order valence-corrected chi connectivity index (χ3v) is 3.27. The highest BCUT2D eigenvalue weighted by Gasteiger charge is 2.12. The minimum Gasteiger partial charge on any atom is -0.389 e. The van der Waals surface area contributed by atoms with Crippen molar-refractivity contribution < 1.29 is 9.50 Å². The number of nitrogens with zero attached hydrogens (tertiary/aromatic N) is 2. The van der Waals surface area contributed by atoms with Crippen molar-refractivity contribution >= 4 is 11.6 Å². The topological polar surface area (TPSA) is 46.0 Å². The van der Waals surface area contributed by atoms with Gasteiger partial charge in [-0.2, -0.15) is 0 Å². The van der Waals surface area contributed by atoms with Crippen LogP contribution in [0.4, 0.5) is 4.39 Å². The van der Waals surface area contributed by atoms with Gasteiger partial charge < -0.3 is 5.11 Å². The predicted octanol–water partition coefficient (Wildman–Crippen LogP) is 3.22. The van der Waals surface area contributed by atoms with Crippen molar-refractivity contribution in [2.45, 2.75) is 26.4 Å². The molecule has 19 heavy (non-hydrogen) atoms. The molecule has 1 heterocycles. The third kappa shape index (κ3) is 3.08. The lowest BCUT2D eigenvalue weighted by Gasteiger charge is -2.10. The number of aromatic nitrogens is 2. The Labute approximate surface area is 116 Å². The molecule has 2 aromatic rings. The summed E-state index contributed by atoms with van der Waals surface area (Å²) < 4.78 is 13.7. The molecule has 0 fully saturated rings. The Kier molecular flexibility index (Phi) is 4.12. The van der Waals surface area contributed by atoms with Crippen molar-refractivity contribution in [2.24, 2.45) is 0 Å². The maximum Gasteiger partial charge on any atom is 0.133 e. The van der Waals surface area contributed by atoms with Crippen LogP contribution in [0.2, 0.25) is 5.02 Å². The molecule has 5 heteroatoms. The molecule has 0 bridgehead atoms. The molecule has 0 radical (unpaired) electrons. The van der Waals surface area contributed by atoms with Crippen molar-refractivity contribution in [3.63, 3.8) is 0 Å². The first-order valence-electron chi connectivity index (χ1n) is 5.92. The van der Waals surface area contributed by atoms with Crippen LogP contribution in [0.25, 0.3) is 0 Å². The van der Waals surface area contributed by atoms with E-state index in [1.807, 2.05) is 0 Å². The van der Waals surface area contributed by atoms with Gasteiger partial charge in [0.1, 0.15) is 11.6 Å². The van der Waals surface area contributed by atoms with Crippen LogP contribution < -0.4 is 0 Å². The quantitative estimate of drug-likeness (QED) is 0.939. The largest absolute Gasteiger partial charge is 0.389 e. The Bertz CT molecular complexity index is 582. The number of aryl methyl sites for hydroxylation is 1. The van der Waals surface area contributed by atoms with Gasteiger partial charge in [-0.05, 0) is 26.0 Å². The van der Waals surface area contributed by atoms with Gasteiger partial charge in [0.25, 0.3) is 0 Å². The van der Waals surface area contributed by atoms with Crippen LogP contribution in [0.3, 0.4) is 0 Å². The summed E-state index contributed by atoms with van der Waals surface area (Å²) >= 11 is 5.97. The molecular formula is C14H14ClFN2O. The molecule has 0 aliphatic carbocycles. The number of benzene rings is 1. The number of halogens is 2. The predicted molar refractivity (Wildman–Crippen MR) is 71.6 cm³/mol. The van der Waals surface area contributed by atoms with Gasteiger partial charge in [0.2, 0.25) is 0 Å². The summed E-state index contributed by atoms with van der Waals surface area (Å²) in [4.78, 5) is 8.42. The number of rotatable bonds is 3. The lowest BCUT2D eigenvalue weighted by molar-refractivity contribution is 0.197. The van der Waals surface area contributed by atoms with E-state index < -0.39 is 6.10 Å². The molecule has 100 valence electrons. The Balaban J connectivity index is 2.32. The molecule has 1 aromatic heterocycles. The maximum atomic E-state index is 13.7. The van der Waals surface area contributed by atoms with Crippen LogP contribution in [0.5, 0.6) is 0 Å². The van der Waals surface area contributed by atoms with Gasteiger partial charge in [0.05, 0.1) is 6.10 Å². The highest BCUT2D eigenvalue weighted by molar-refractivity contribution is 6.31. The summed E-state index contributed by atoms with van der Waals surface area (Å²) in [5, 5.41) is 9.87. The summed E-state index contributed by atoms with van der Waals surface area (Å²) in [7, 11) is 0. The summed E-state index contributed by atoms with van der Waals surface area (Å²) in [6, 6.07) is 4.55. The van der Waals surface area contributed by atoms with E-state index >= 15 is 0 Å². The minimum atomic E-state index is -0.619. The first-order chi connectivity index (χ1) is 8.99. The molecular weight excluding hydrogens is 267 g/mol. The fourth-order valence-corrected chi connectivity index (χ4v) is 2.11. The summed E-state index contributed by atoms with van der Waals surface area (Å²) in [5.74, 6) is 0.113. The average Bonchev–Trinajstić information content (AvgIpc) is 2.33. The summed E-state index contributed by atoms with van der Waals surface area (Å²) in [5.41, 5.74) is 1.74. The molecule has 3 nitrogen and oxygen atoms in total. The number of aliphatic hydroxyl groups excluding tert-OH is 1. The van der Waals surface area contributed by atoms with Crippen LogP contribution in [0, 0.1) is 12.7 Å². The van der Waals surface area contributed by atoms with Gasteiger partial charge in [0, 0.05) is 34.5 Å². The zero-order valence-corrected chi connectivity index (χ0v) is 11.4. The molecule has 0 aliphatic heterocycles. The van der Waals surface area contributed by atoms with Crippen LogP contribution in [0.1, 0.15) is 35.7 Å². The van der Waals surface area contributed by atoms with E-state index in [0.717, 1.165) is 0 Å². The van der Waals surface area contributed by atoms with Gasteiger partial charge in [-0.15, -0.1) is 0 Å². The molecule has 2 rings (SSSR count). The second-order valence-corrected chi connectivity index (χ2v) is 4.79. The van der Waals surface area contributed by atoms with Gasteiger partial charge in [0.15, 0.2) is 0 Å². The Morgan fingerprint density at radius 1 is 1.42 bits per heavy atom. The van der Waals surface area contributed by atoms with Crippen molar-refractivity contribution in [1.82, 2.24) is 9.97 Å². The lowest BCUT2D eigenvalue weighted by Crippen LogP contribution is -2.05. The molecule has 1 atom stereocenters. The summed E-state index contributed by atoms with van der Waals surface area (Å²) in [6.07, 6.45) is 1.18. The molecule has 0 aliphatic rings. The molecule has 0 spiro atoms. The van der Waals surface area contributed by atoms with E-state index in [1.165, 1.54) is 6.07 Å². The van der Waals surface area contributed by atoms with Gasteiger partial charge >= 0.3 is 0 Å². The van der Waals surface area contributed by atoms with Crippen molar-refractivity contribution in [3.8, 4) is 0 Å². The van der Waals surface area contributed by atoms with Crippen LogP contribution in [-0.2, 0) is 6.42 Å². The maximum absolute atomic E-state index is 13.7. The van der Waals surface area contributed by atoms with Crippen molar-refractivity contribution in [1.29, 1.82) is 0 Å². The second-order valence-electron chi connectivity index (χ2n) is 4.38. The van der Waals surface area contributed by atoms with Crippen molar-refractivity contribution in [2.75, 3.05) is 0 Å². The Morgan fingerprint density at radius 2 is 2.16 bits per heavy atom. The molecule has 1 N–H and O–H groups in total. The molecule has 0 unspecified atom stereocenters. The molecule has 1 aromatic carbocycles. The zero-order chi connectivity index (χ0) is 14.0. The molecule has 0 amide bonds. The van der Waals surface area contributed by atoms with E-state index in [0.29, 0.717) is 27.7 Å². The van der Waals surface area contributed by atoms with E-state index in [-0.39, 0.29) is 12.2 Å². The first-order valence-corrected chi connectivity index (χ1v) is 6.30. The van der Waals surface area contributed by atoms with E-state index in [4.69, 9.17) is 11.6 Å². The van der Waals surface area contributed by atoms with Gasteiger partial charge in [-0.25, -0.2) is 14.4 Å². The normalized spacial score (nSPS) is 12.5. The Morgan fingerprint density at radius 3 is 2.74 bits per heavy atom. The fourth-order valence-electron chi connectivity index (χ4n) is 1.88. The lowest BCUT2D eigenvalue weighted by atomic mass is 10.1. The standard InChI is InChI=1S/C14H14ClFN2O/c1-8-11(9(2)19)7-17-14(18-8)6-10-12(15)4-3-5-13(10)16/h3-5,7,9,19H,6H2,1-2H3/t9-/m1/s1. The SMILES string of the molecule is Cc1nc(Cc2c(F)cccc2Cl)ncc1[C@@H](C)O. The smallest absolute Gasteiger partial charge is 0.133 e. The summed E-state index contributed by atoms with van der Waals surface area (Å²) in [6.45, 7) is 3.44. The number of hydrogen-bond donors (Lipinski definition) is 1. The van der Waals surface area contributed by atoms with E-state index in [2.05, 4.69) is 9.97 Å². The zero-order valence-electron chi connectivity index (χ0n) is 10.7. The number of hydrogen-bond acceptors (Lipinski definition) is 3. The van der Waals surface area contributed by atoms with E-state index in [1.54, 1.807) is 32.2 Å². The monoisotopic (exact) mass is 280 g/mol. The van der Waals surface area contributed by atoms with Crippen LogP contribution >= 0.6 is 11.6 Å². The van der Waals surface area contributed by atoms with Gasteiger partial charge in [-0.3, -0.25) is 0 Å². The van der Waals surface area contributed by atoms with Crippen LogP contribution in [0.15, 0.2) is 24.4 Å². The molecule has 0 saturated heterocycles. The minimum absolute atomic E-state index is 0.229. The highest BCUT2D eigenvalue weighted by atomic mass is 35.5. The highest BCUT2D eigenvalue weighted by Crippen LogP contribution is 2.22. The second kappa shape index (κ2) is 5.63. The number of aliphatic hydroxyl groups is 1.